The van der Waals surface area contributed by atoms with E-state index in [1.807, 2.05) is 12.1 Å². The van der Waals surface area contributed by atoms with Crippen molar-refractivity contribution in [2.24, 2.45) is 0 Å². The SMILES string of the molecule is [B]C(=O)NCc1ccc(N)cc1. The van der Waals surface area contributed by atoms with Gasteiger partial charge in [-0.25, -0.2) is 0 Å². The van der Waals surface area contributed by atoms with Crippen molar-refractivity contribution in [3.63, 3.8) is 0 Å². The Morgan fingerprint density at radius 2 is 2.00 bits per heavy atom. The fraction of sp³-hybridized carbons (Fsp3) is 0.125. The summed E-state index contributed by atoms with van der Waals surface area (Å²) in [6.07, 6.45) is 0. The molecule has 1 amide bonds. The average Bonchev–Trinajstić information content (AvgIpc) is 2.03. The Morgan fingerprint density at radius 1 is 1.42 bits per heavy atom. The molecule has 0 aliphatic heterocycles. The molecular formula is C8H9BN2O. The van der Waals surface area contributed by atoms with Gasteiger partial charge < -0.3 is 11.1 Å². The number of nitrogens with one attached hydrogen (secondary N) is 1. The van der Waals surface area contributed by atoms with E-state index in [1.165, 1.54) is 0 Å². The van der Waals surface area contributed by atoms with E-state index in [-0.39, 0.29) is 0 Å². The first-order chi connectivity index (χ1) is 5.68. The van der Waals surface area contributed by atoms with Gasteiger partial charge in [0.1, 0.15) is 0 Å². The fourth-order valence-corrected chi connectivity index (χ4v) is 0.825. The van der Waals surface area contributed by atoms with Crippen molar-refractivity contribution in [1.82, 2.24) is 5.32 Å². The van der Waals surface area contributed by atoms with E-state index in [0.29, 0.717) is 12.2 Å². The molecule has 0 aliphatic rings. The highest BCUT2D eigenvalue weighted by Crippen LogP contribution is 2.04. The number of nitrogen functional groups attached to an aromatic ring is 1. The molecule has 0 saturated heterocycles. The fourth-order valence-electron chi connectivity index (χ4n) is 0.825. The second-order valence-electron chi connectivity index (χ2n) is 2.46. The van der Waals surface area contributed by atoms with Gasteiger partial charge in [0.05, 0.1) is 0 Å². The highest BCUT2D eigenvalue weighted by Gasteiger charge is 1.92. The quantitative estimate of drug-likeness (QED) is 0.492. The predicted octanol–water partition coefficient (Wildman–Crippen LogP) is 0.647. The molecule has 0 saturated carbocycles. The molecule has 0 aliphatic carbocycles. The van der Waals surface area contributed by atoms with Crippen LogP contribution in [-0.2, 0) is 6.54 Å². The summed E-state index contributed by atoms with van der Waals surface area (Å²) < 4.78 is 0. The molecule has 1 rings (SSSR count). The highest BCUT2D eigenvalue weighted by atomic mass is 16.1. The van der Waals surface area contributed by atoms with Gasteiger partial charge in [0.2, 0.25) is 7.85 Å². The Labute approximate surface area is 72.4 Å². The number of carbonyl (C=O) groups is 1. The molecule has 0 bridgehead atoms. The molecule has 60 valence electrons. The highest BCUT2D eigenvalue weighted by molar-refractivity contribution is 6.57. The van der Waals surface area contributed by atoms with Crippen molar-refractivity contribution in [2.75, 3.05) is 5.73 Å². The summed E-state index contributed by atoms with van der Waals surface area (Å²) in [6, 6.07) is 7.23. The van der Waals surface area contributed by atoms with Crippen LogP contribution in [0.4, 0.5) is 10.5 Å². The molecule has 0 fully saturated rings. The van der Waals surface area contributed by atoms with Gasteiger partial charge in [-0.15, -0.1) is 0 Å². The van der Waals surface area contributed by atoms with Gasteiger partial charge in [0.25, 0.3) is 0 Å². The van der Waals surface area contributed by atoms with Crippen LogP contribution in [0.15, 0.2) is 24.3 Å². The van der Waals surface area contributed by atoms with Crippen molar-refractivity contribution >= 4 is 19.3 Å². The number of nitrogens with two attached hydrogens (primary N) is 1. The lowest BCUT2D eigenvalue weighted by Crippen LogP contribution is -2.20. The smallest absolute Gasteiger partial charge is 0.200 e. The maximum atomic E-state index is 10.3. The van der Waals surface area contributed by atoms with Gasteiger partial charge in [-0.05, 0) is 17.7 Å². The zero-order chi connectivity index (χ0) is 8.97. The molecule has 1 aromatic carbocycles. The van der Waals surface area contributed by atoms with Crippen LogP contribution in [0.25, 0.3) is 0 Å². The Balaban J connectivity index is 2.53. The Hall–Kier alpha value is -1.45. The molecule has 0 heterocycles. The molecule has 12 heavy (non-hydrogen) atoms. The van der Waals surface area contributed by atoms with Crippen LogP contribution in [0.1, 0.15) is 5.56 Å². The van der Waals surface area contributed by atoms with Crippen LogP contribution in [0, 0.1) is 0 Å². The molecule has 0 atom stereocenters. The van der Waals surface area contributed by atoms with Crippen LogP contribution in [0.3, 0.4) is 0 Å². The van der Waals surface area contributed by atoms with Crippen LogP contribution >= 0.6 is 0 Å². The summed E-state index contributed by atoms with van der Waals surface area (Å²) in [5, 5.41) is 2.48. The minimum absolute atomic E-state index is 0.440. The maximum absolute atomic E-state index is 10.3. The van der Waals surface area contributed by atoms with Crippen molar-refractivity contribution < 1.29 is 4.79 Å². The van der Waals surface area contributed by atoms with Crippen molar-refractivity contribution in [1.29, 1.82) is 0 Å². The topological polar surface area (TPSA) is 55.1 Å². The number of anilines is 1. The lowest BCUT2D eigenvalue weighted by Gasteiger charge is -2.02. The lowest BCUT2D eigenvalue weighted by atomic mass is 10.1. The third kappa shape index (κ3) is 2.66. The third-order valence-corrected chi connectivity index (χ3v) is 1.45. The molecule has 3 nitrogen and oxygen atoms in total. The molecule has 3 N–H and O–H groups in total. The first-order valence-electron chi connectivity index (χ1n) is 3.56. The van der Waals surface area contributed by atoms with Crippen molar-refractivity contribution in [2.45, 2.75) is 6.54 Å². The van der Waals surface area contributed by atoms with Crippen LogP contribution in [0.2, 0.25) is 0 Å². The number of carbonyl (C=O) groups excluding carboxylic acids is 1. The number of hydrogen-bond donors (Lipinski definition) is 2. The second kappa shape index (κ2) is 3.81. The number of hydrogen-bond acceptors (Lipinski definition) is 2. The first kappa shape index (κ1) is 8.65. The molecule has 1 aromatic rings. The van der Waals surface area contributed by atoms with E-state index in [0.717, 1.165) is 5.56 Å². The number of amides is 1. The Bertz CT molecular complexity index is 271. The van der Waals surface area contributed by atoms with E-state index in [2.05, 4.69) is 5.32 Å². The van der Waals surface area contributed by atoms with E-state index >= 15 is 0 Å². The van der Waals surface area contributed by atoms with Crippen molar-refractivity contribution in [3.8, 4) is 0 Å². The zero-order valence-corrected chi connectivity index (χ0v) is 6.58. The monoisotopic (exact) mass is 160 g/mol. The van der Waals surface area contributed by atoms with Crippen molar-refractivity contribution in [3.05, 3.63) is 29.8 Å². The maximum Gasteiger partial charge on any atom is 0.200 e. The summed E-state index contributed by atoms with van der Waals surface area (Å²) in [5.41, 5.74) is 7.15. The Morgan fingerprint density at radius 3 is 2.50 bits per heavy atom. The van der Waals surface area contributed by atoms with Gasteiger partial charge >= 0.3 is 0 Å². The summed E-state index contributed by atoms with van der Waals surface area (Å²) >= 11 is 0. The summed E-state index contributed by atoms with van der Waals surface area (Å²) in [5.74, 6) is -0.521. The Kier molecular flexibility index (Phi) is 2.74. The van der Waals surface area contributed by atoms with Gasteiger partial charge in [-0.3, -0.25) is 4.79 Å². The van der Waals surface area contributed by atoms with E-state index in [4.69, 9.17) is 13.6 Å². The minimum Gasteiger partial charge on any atom is -0.399 e. The molecular weight excluding hydrogens is 151 g/mol. The normalized spacial score (nSPS) is 9.33. The lowest BCUT2D eigenvalue weighted by molar-refractivity contribution is 0.259. The molecule has 0 aromatic heterocycles. The molecule has 0 spiro atoms. The second-order valence-corrected chi connectivity index (χ2v) is 2.46. The largest absolute Gasteiger partial charge is 0.399 e. The van der Waals surface area contributed by atoms with E-state index in [1.54, 1.807) is 12.1 Å². The van der Waals surface area contributed by atoms with Gasteiger partial charge in [-0.2, -0.15) is 0 Å². The standard InChI is InChI=1S/C8H9BN2O/c9-8(12)11-5-6-1-3-7(10)4-2-6/h1-4H,5,10H2,(H,11,12). The minimum atomic E-state index is -0.521. The van der Waals surface area contributed by atoms with Gasteiger partial charge in [-0.1, -0.05) is 12.1 Å². The van der Waals surface area contributed by atoms with Crippen LogP contribution in [-0.4, -0.2) is 13.7 Å². The van der Waals surface area contributed by atoms with E-state index < -0.39 is 5.81 Å². The first-order valence-corrected chi connectivity index (χ1v) is 3.56. The van der Waals surface area contributed by atoms with Gasteiger partial charge in [0.15, 0.2) is 5.81 Å². The number of rotatable bonds is 2. The van der Waals surface area contributed by atoms with E-state index in [9.17, 15) is 4.79 Å². The molecule has 2 radical (unpaired) electrons. The summed E-state index contributed by atoms with van der Waals surface area (Å²) in [6.45, 7) is 0.440. The molecule has 4 heteroatoms. The average molecular weight is 160 g/mol. The molecule has 0 unspecified atom stereocenters. The summed E-state index contributed by atoms with van der Waals surface area (Å²) in [4.78, 5) is 10.3. The number of benzene rings is 1. The summed E-state index contributed by atoms with van der Waals surface area (Å²) in [7, 11) is 4.90. The van der Waals surface area contributed by atoms with Gasteiger partial charge in [0, 0.05) is 12.2 Å². The van der Waals surface area contributed by atoms with Crippen LogP contribution < -0.4 is 11.1 Å². The third-order valence-electron chi connectivity index (χ3n) is 1.45. The van der Waals surface area contributed by atoms with Crippen LogP contribution in [0.5, 0.6) is 0 Å². The predicted molar refractivity (Wildman–Crippen MR) is 48.8 cm³/mol. The zero-order valence-electron chi connectivity index (χ0n) is 6.58.